The minimum atomic E-state index is -0.597. The second-order valence-corrected chi connectivity index (χ2v) is 7.36. The third-order valence-corrected chi connectivity index (χ3v) is 4.82. The van der Waals surface area contributed by atoms with E-state index in [2.05, 4.69) is 15.7 Å². The molecule has 0 unspecified atom stereocenters. The minimum Gasteiger partial charge on any atom is -0.326 e. The van der Waals surface area contributed by atoms with Gasteiger partial charge in [-0.2, -0.15) is 10.4 Å². The van der Waals surface area contributed by atoms with Crippen molar-refractivity contribution in [1.29, 1.82) is 5.26 Å². The van der Waals surface area contributed by atoms with Gasteiger partial charge in [0.25, 0.3) is 5.91 Å². The van der Waals surface area contributed by atoms with E-state index < -0.39 is 5.91 Å². The number of amides is 2. The van der Waals surface area contributed by atoms with E-state index in [-0.39, 0.29) is 16.6 Å². The van der Waals surface area contributed by atoms with Crippen LogP contribution in [-0.2, 0) is 9.59 Å². The van der Waals surface area contributed by atoms with Gasteiger partial charge in [0.1, 0.15) is 16.8 Å². The Kier molecular flexibility index (Phi) is 6.75. The predicted octanol–water partition coefficient (Wildman–Crippen LogP) is 4.99. The van der Waals surface area contributed by atoms with E-state index in [0.717, 1.165) is 0 Å². The third-order valence-electron chi connectivity index (χ3n) is 4.22. The van der Waals surface area contributed by atoms with E-state index in [1.54, 1.807) is 55.5 Å². The number of rotatable bonds is 5. The van der Waals surface area contributed by atoms with Crippen LogP contribution in [0.15, 0.2) is 54.1 Å². The quantitative estimate of drug-likeness (QED) is 0.419. The molecule has 2 N–H and O–H groups in total. The Morgan fingerprint density at radius 3 is 2.32 bits per heavy atom. The van der Waals surface area contributed by atoms with E-state index in [1.807, 2.05) is 6.07 Å². The van der Waals surface area contributed by atoms with Crippen LogP contribution >= 0.6 is 23.2 Å². The van der Waals surface area contributed by atoms with Crippen LogP contribution in [0.4, 0.5) is 11.4 Å². The largest absolute Gasteiger partial charge is 0.326 e. The molecule has 0 aliphatic rings. The summed E-state index contributed by atoms with van der Waals surface area (Å²) in [5, 5.41) is 20.0. The zero-order valence-corrected chi connectivity index (χ0v) is 18.1. The summed E-state index contributed by atoms with van der Waals surface area (Å²) in [5.74, 6) is -0.794. The summed E-state index contributed by atoms with van der Waals surface area (Å²) < 4.78 is 1.49. The Hall–Kier alpha value is -3.60. The zero-order chi connectivity index (χ0) is 22.5. The van der Waals surface area contributed by atoms with Crippen molar-refractivity contribution in [1.82, 2.24) is 9.78 Å². The van der Waals surface area contributed by atoms with Gasteiger partial charge in [-0.3, -0.25) is 9.59 Å². The Morgan fingerprint density at radius 2 is 1.74 bits per heavy atom. The topological polar surface area (TPSA) is 99.8 Å². The first kappa shape index (κ1) is 22.1. The lowest BCUT2D eigenvalue weighted by Crippen LogP contribution is -2.13. The van der Waals surface area contributed by atoms with E-state index in [0.29, 0.717) is 33.3 Å². The smallest absolute Gasteiger partial charge is 0.266 e. The molecule has 3 rings (SSSR count). The predicted molar refractivity (Wildman–Crippen MR) is 121 cm³/mol. The molecule has 0 bridgehead atoms. The van der Waals surface area contributed by atoms with Crippen molar-refractivity contribution in [2.24, 2.45) is 0 Å². The number of carbonyl (C=O) groups excluding carboxylic acids is 2. The number of hydrogen-bond acceptors (Lipinski definition) is 4. The highest BCUT2D eigenvalue weighted by molar-refractivity contribution is 6.32. The summed E-state index contributed by atoms with van der Waals surface area (Å²) in [6.07, 6.45) is 1.40. The number of anilines is 2. The first-order valence-electron chi connectivity index (χ1n) is 9.10. The maximum atomic E-state index is 12.6. The fourth-order valence-corrected chi connectivity index (χ4v) is 3.30. The number of carbonyl (C=O) groups is 2. The second kappa shape index (κ2) is 9.47. The van der Waals surface area contributed by atoms with Crippen molar-refractivity contribution in [3.05, 3.63) is 75.5 Å². The summed E-state index contributed by atoms with van der Waals surface area (Å²) in [5.41, 5.74) is 2.58. The molecule has 9 heteroatoms. The van der Waals surface area contributed by atoms with Crippen LogP contribution in [0, 0.1) is 18.3 Å². The first-order chi connectivity index (χ1) is 14.8. The molecule has 1 heterocycles. The van der Waals surface area contributed by atoms with E-state index in [9.17, 15) is 14.9 Å². The van der Waals surface area contributed by atoms with Crippen molar-refractivity contribution in [2.75, 3.05) is 10.6 Å². The fourth-order valence-electron chi connectivity index (χ4n) is 2.79. The van der Waals surface area contributed by atoms with Gasteiger partial charge in [0.2, 0.25) is 5.91 Å². The van der Waals surface area contributed by atoms with Gasteiger partial charge in [-0.15, -0.1) is 0 Å². The Morgan fingerprint density at radius 1 is 1.10 bits per heavy atom. The Balaban J connectivity index is 1.85. The number of nitriles is 1. The van der Waals surface area contributed by atoms with Gasteiger partial charge in [-0.05, 0) is 55.5 Å². The van der Waals surface area contributed by atoms with Crippen molar-refractivity contribution in [2.45, 2.75) is 13.8 Å². The monoisotopic (exact) mass is 453 g/mol. The number of benzene rings is 2. The maximum Gasteiger partial charge on any atom is 0.266 e. The van der Waals surface area contributed by atoms with Gasteiger partial charge >= 0.3 is 0 Å². The average molecular weight is 454 g/mol. The molecule has 1 aromatic heterocycles. The van der Waals surface area contributed by atoms with Crippen molar-refractivity contribution in [3.8, 4) is 11.8 Å². The highest BCUT2D eigenvalue weighted by Crippen LogP contribution is 2.27. The van der Waals surface area contributed by atoms with Gasteiger partial charge in [0.05, 0.1) is 11.4 Å². The van der Waals surface area contributed by atoms with Crippen LogP contribution in [0.1, 0.15) is 18.2 Å². The Bertz CT molecular complexity index is 1220. The highest BCUT2D eigenvalue weighted by atomic mass is 35.5. The average Bonchev–Trinajstić information content (AvgIpc) is 3.00. The first-order valence-corrected chi connectivity index (χ1v) is 9.86. The number of nitrogens with one attached hydrogen (secondary N) is 2. The second-order valence-electron chi connectivity index (χ2n) is 6.56. The van der Waals surface area contributed by atoms with Crippen molar-refractivity contribution < 1.29 is 9.59 Å². The van der Waals surface area contributed by atoms with Gasteiger partial charge < -0.3 is 10.6 Å². The highest BCUT2D eigenvalue weighted by Gasteiger charge is 2.17. The molecule has 0 aliphatic carbocycles. The number of aryl methyl sites for hydroxylation is 1. The van der Waals surface area contributed by atoms with Crippen LogP contribution in [0.2, 0.25) is 10.2 Å². The molecule has 3 aromatic rings. The number of hydrogen-bond donors (Lipinski definition) is 2. The van der Waals surface area contributed by atoms with Gasteiger partial charge in [-0.25, -0.2) is 4.68 Å². The minimum absolute atomic E-state index is 0.137. The zero-order valence-electron chi connectivity index (χ0n) is 16.6. The number of halogens is 2. The molecule has 31 heavy (non-hydrogen) atoms. The molecule has 0 saturated carbocycles. The van der Waals surface area contributed by atoms with Crippen LogP contribution in [0.25, 0.3) is 11.8 Å². The van der Waals surface area contributed by atoms with E-state index in [1.165, 1.54) is 17.7 Å². The molecule has 0 radical (unpaired) electrons. The van der Waals surface area contributed by atoms with E-state index >= 15 is 0 Å². The molecule has 156 valence electrons. The molecule has 0 aliphatic heterocycles. The van der Waals surface area contributed by atoms with Crippen LogP contribution in [0.5, 0.6) is 0 Å². The lowest BCUT2D eigenvalue weighted by molar-refractivity contribution is -0.114. The molecular weight excluding hydrogens is 437 g/mol. The van der Waals surface area contributed by atoms with Gasteiger partial charge in [-0.1, -0.05) is 29.3 Å². The molecule has 0 fully saturated rings. The van der Waals surface area contributed by atoms with Crippen LogP contribution < -0.4 is 10.6 Å². The number of aromatic nitrogens is 2. The molecule has 7 nitrogen and oxygen atoms in total. The van der Waals surface area contributed by atoms with Gasteiger partial charge in [0, 0.05) is 28.9 Å². The molecule has 2 amide bonds. The van der Waals surface area contributed by atoms with Crippen molar-refractivity contribution >= 4 is 52.5 Å². The molecule has 0 atom stereocenters. The molecule has 0 saturated heterocycles. The van der Waals surface area contributed by atoms with Crippen molar-refractivity contribution in [3.63, 3.8) is 0 Å². The molecule has 2 aromatic carbocycles. The SMILES string of the molecule is CC(=O)Nc1ccc(NC(=O)/C(C#N)=C/c2c(C)nn(-c3cccc(Cl)c3)c2Cl)cc1. The summed E-state index contributed by atoms with van der Waals surface area (Å²) in [6.45, 7) is 3.13. The maximum absolute atomic E-state index is 12.6. The summed E-state index contributed by atoms with van der Waals surface area (Å²) in [4.78, 5) is 23.7. The fraction of sp³-hybridized carbons (Fsp3) is 0.0909. The Labute approximate surface area is 188 Å². The standard InChI is InChI=1S/C22H17Cl2N5O2/c1-13-20(21(24)29(28-13)19-5-3-4-16(23)11-19)10-15(12-25)22(31)27-18-8-6-17(7-9-18)26-14(2)30/h3-11H,1-2H3,(H,26,30)(H,27,31)/b15-10+. The van der Waals surface area contributed by atoms with Gasteiger partial charge in [0.15, 0.2) is 0 Å². The van der Waals surface area contributed by atoms with Crippen LogP contribution in [-0.4, -0.2) is 21.6 Å². The lowest BCUT2D eigenvalue weighted by atomic mass is 10.1. The van der Waals surface area contributed by atoms with E-state index in [4.69, 9.17) is 23.2 Å². The van der Waals surface area contributed by atoms with Crippen LogP contribution in [0.3, 0.4) is 0 Å². The summed E-state index contributed by atoms with van der Waals surface area (Å²) in [7, 11) is 0. The number of nitrogens with zero attached hydrogens (tertiary/aromatic N) is 3. The molecule has 0 spiro atoms. The third kappa shape index (κ3) is 5.31. The summed E-state index contributed by atoms with van der Waals surface area (Å²) in [6, 6.07) is 15.4. The normalized spacial score (nSPS) is 11.0. The lowest BCUT2D eigenvalue weighted by Gasteiger charge is -2.06. The summed E-state index contributed by atoms with van der Waals surface area (Å²) >= 11 is 12.5. The molecular formula is C22H17Cl2N5O2.